The summed E-state index contributed by atoms with van der Waals surface area (Å²) < 4.78 is 5.75. The van der Waals surface area contributed by atoms with Crippen LogP contribution < -0.4 is 65.1 Å². The van der Waals surface area contributed by atoms with Crippen LogP contribution in [0.1, 0.15) is 134 Å². The Bertz CT molecular complexity index is 1870. The number of hydrogen-bond acceptors (Lipinski definition) is 15. The van der Waals surface area contributed by atoms with Crippen LogP contribution in [0.25, 0.3) is 0 Å². The van der Waals surface area contributed by atoms with Crippen LogP contribution in [0.3, 0.4) is 0 Å². The number of hydrogen-bond donors (Lipinski definition) is 13. The molecule has 0 aromatic rings. The normalized spacial score (nSPS) is 27.6. The molecule has 1 aliphatic rings. The van der Waals surface area contributed by atoms with Crippen LogP contribution in [0.5, 0.6) is 0 Å². The molecular formula is C50H92N12O12. The lowest BCUT2D eigenvalue weighted by Crippen LogP contribution is -2.62. The first-order valence-corrected chi connectivity index (χ1v) is 26.3. The van der Waals surface area contributed by atoms with E-state index in [2.05, 4.69) is 47.9 Å². The van der Waals surface area contributed by atoms with Gasteiger partial charge in [-0.1, -0.05) is 95.9 Å². The summed E-state index contributed by atoms with van der Waals surface area (Å²) in [6, 6.07) is -11.8. The first-order chi connectivity index (χ1) is 34.7. The fourth-order valence-corrected chi connectivity index (χ4v) is 8.04. The van der Waals surface area contributed by atoms with E-state index in [-0.39, 0.29) is 63.6 Å². The van der Waals surface area contributed by atoms with E-state index in [0.29, 0.717) is 12.8 Å². The Kier molecular flexibility index (Phi) is 30.1. The summed E-state index contributed by atoms with van der Waals surface area (Å²) >= 11 is 0. The van der Waals surface area contributed by atoms with Crippen LogP contribution in [-0.2, 0) is 52.7 Å². The average molecular weight is 1050 g/mol. The van der Waals surface area contributed by atoms with E-state index in [1.54, 1.807) is 69.2 Å². The number of ether oxygens (including phenoxy) is 1. The molecule has 1 rings (SSSR count). The molecule has 424 valence electrons. The Morgan fingerprint density at radius 3 is 1.12 bits per heavy atom. The Hall–Kier alpha value is -5.46. The van der Waals surface area contributed by atoms with Crippen molar-refractivity contribution < 1.29 is 57.8 Å². The SMILES string of the molecule is CCC(C)C1CC(=O)N[C@@H](CCN)C(=O)N[C@@H](C(C)C)C(=O)N[C@@H](CCN)C(=O)N[C@@H]([C@@H](C)CC)C(=O)N[C@@H](CC(C)C)C(=O)N[C@@H](CCN)C(=O)N[C@@H](C(C)C)C(=O)N[C@@H](CC(C)C)C(=O)N[C@@H](CO)C(=O)O1. The maximum absolute atomic E-state index is 14.2. The monoisotopic (exact) mass is 1050 g/mol. The van der Waals surface area contributed by atoms with E-state index >= 15 is 0 Å². The van der Waals surface area contributed by atoms with Crippen molar-refractivity contribution in [1.82, 2.24) is 47.9 Å². The van der Waals surface area contributed by atoms with Gasteiger partial charge in [0.15, 0.2) is 6.04 Å². The highest BCUT2D eigenvalue weighted by Gasteiger charge is 2.38. The smallest absolute Gasteiger partial charge is 0.331 e. The molecule has 0 aliphatic carbocycles. The second-order valence-corrected chi connectivity index (χ2v) is 21.0. The molecule has 24 nitrogen and oxygen atoms in total. The van der Waals surface area contributed by atoms with Crippen molar-refractivity contribution in [3.8, 4) is 0 Å². The van der Waals surface area contributed by atoms with E-state index in [1.807, 2.05) is 13.8 Å². The Balaban J connectivity index is 4.00. The van der Waals surface area contributed by atoms with Crippen molar-refractivity contribution in [3.63, 3.8) is 0 Å². The quantitative estimate of drug-likeness (QED) is 0.0715. The first-order valence-electron chi connectivity index (χ1n) is 26.3. The summed E-state index contributed by atoms with van der Waals surface area (Å²) in [5.41, 5.74) is 17.7. The van der Waals surface area contributed by atoms with Crippen molar-refractivity contribution in [2.75, 3.05) is 26.2 Å². The molecule has 24 heteroatoms. The maximum Gasteiger partial charge on any atom is 0.331 e. The first kappa shape index (κ1) is 66.6. The van der Waals surface area contributed by atoms with Gasteiger partial charge >= 0.3 is 5.97 Å². The van der Waals surface area contributed by atoms with Crippen molar-refractivity contribution in [2.24, 2.45) is 52.7 Å². The molecule has 0 spiro atoms. The van der Waals surface area contributed by atoms with Gasteiger partial charge in [0.25, 0.3) is 0 Å². The number of carbonyl (C=O) groups excluding carboxylic acids is 10. The van der Waals surface area contributed by atoms with E-state index in [9.17, 15) is 53.1 Å². The van der Waals surface area contributed by atoms with Crippen LogP contribution in [0.15, 0.2) is 0 Å². The Labute approximate surface area is 437 Å². The zero-order chi connectivity index (χ0) is 56.6. The van der Waals surface area contributed by atoms with Crippen molar-refractivity contribution in [3.05, 3.63) is 0 Å². The standard InChI is InChI=1S/C50H92N12O12/c1-13-29(11)37-23-38(64)54-31(15-18-51)42(65)60-39(27(7)8)47(70)56-33(17-20-53)44(67)62-41(30(12)14-2)49(72)58-34(21-25(3)4)45(68)55-32(16-19-52)43(66)61-40(28(9)10)48(71)57-35(22-26(5)6)46(69)59-36(24-63)50(73)74-37/h25-37,39-41,63H,13-24,51-53H2,1-12H3,(H,54,64)(H,55,68)(H,56,70)(H,57,71)(H,58,72)(H,59,69)(H,60,65)(H,61,66)(H,62,67)/t29?,30-,31-,32-,33-,34-,35-,36-,37?,39-,40-,41-/m0/s1. The zero-order valence-corrected chi connectivity index (χ0v) is 45.9. The molecule has 2 unspecified atom stereocenters. The maximum atomic E-state index is 14.2. The highest BCUT2D eigenvalue weighted by atomic mass is 16.5. The second-order valence-electron chi connectivity index (χ2n) is 21.0. The third kappa shape index (κ3) is 22.2. The Morgan fingerprint density at radius 1 is 0.446 bits per heavy atom. The van der Waals surface area contributed by atoms with Crippen LogP contribution in [0, 0.1) is 35.5 Å². The molecule has 0 aromatic carbocycles. The molecule has 0 bridgehead atoms. The lowest BCUT2D eigenvalue weighted by molar-refractivity contribution is -0.158. The molecule has 16 N–H and O–H groups in total. The fraction of sp³-hybridized carbons (Fsp3) is 0.800. The van der Waals surface area contributed by atoms with Gasteiger partial charge in [-0.2, -0.15) is 0 Å². The van der Waals surface area contributed by atoms with Gasteiger partial charge in [-0.25, -0.2) is 4.79 Å². The number of esters is 1. The van der Waals surface area contributed by atoms with Crippen LogP contribution >= 0.6 is 0 Å². The fourth-order valence-electron chi connectivity index (χ4n) is 8.04. The summed E-state index contributed by atoms with van der Waals surface area (Å²) in [7, 11) is 0. The molecule has 9 amide bonds. The van der Waals surface area contributed by atoms with Crippen LogP contribution in [0.4, 0.5) is 0 Å². The third-order valence-electron chi connectivity index (χ3n) is 13.0. The zero-order valence-electron chi connectivity index (χ0n) is 45.9. The van der Waals surface area contributed by atoms with Gasteiger partial charge in [-0.15, -0.1) is 0 Å². The summed E-state index contributed by atoms with van der Waals surface area (Å²) in [6.45, 7) is 19.7. The molecule has 0 radical (unpaired) electrons. The largest absolute Gasteiger partial charge is 0.460 e. The molecule has 74 heavy (non-hydrogen) atoms. The van der Waals surface area contributed by atoms with Crippen LogP contribution in [-0.4, -0.2) is 151 Å². The molecular weight excluding hydrogens is 961 g/mol. The van der Waals surface area contributed by atoms with Crippen molar-refractivity contribution in [2.45, 2.75) is 195 Å². The molecule has 0 aromatic heterocycles. The number of aliphatic hydroxyl groups is 1. The predicted octanol–water partition coefficient (Wildman–Crippen LogP) is -1.80. The van der Waals surface area contributed by atoms with Crippen LogP contribution in [0.2, 0.25) is 0 Å². The molecule has 12 atom stereocenters. The summed E-state index contributed by atoms with van der Waals surface area (Å²) in [5.74, 6) is -10.5. The second kappa shape index (κ2) is 33.5. The average Bonchev–Trinajstić information content (AvgIpc) is 3.32. The highest BCUT2D eigenvalue weighted by molar-refractivity contribution is 5.98. The van der Waals surface area contributed by atoms with E-state index < -0.39 is 156 Å². The number of carbonyl (C=O) groups is 10. The number of cyclic esters (lactones) is 1. The molecule has 1 fully saturated rings. The van der Waals surface area contributed by atoms with E-state index in [4.69, 9.17) is 21.9 Å². The highest BCUT2D eigenvalue weighted by Crippen LogP contribution is 2.18. The van der Waals surface area contributed by atoms with Gasteiger partial charge < -0.3 is 74.9 Å². The van der Waals surface area contributed by atoms with E-state index in [1.165, 1.54) is 0 Å². The lowest BCUT2D eigenvalue weighted by atomic mass is 9.96. The number of rotatable bonds is 17. The van der Waals surface area contributed by atoms with E-state index in [0.717, 1.165) is 0 Å². The van der Waals surface area contributed by atoms with Crippen molar-refractivity contribution >= 4 is 59.1 Å². The van der Waals surface area contributed by atoms with Gasteiger partial charge in [0.2, 0.25) is 53.2 Å². The molecule has 1 aliphatic heterocycles. The van der Waals surface area contributed by atoms with Gasteiger partial charge in [0, 0.05) is 0 Å². The summed E-state index contributed by atoms with van der Waals surface area (Å²) in [6.07, 6.45) is -0.828. The van der Waals surface area contributed by atoms with Gasteiger partial charge in [-0.3, -0.25) is 43.2 Å². The minimum atomic E-state index is -1.65. The Morgan fingerprint density at radius 2 is 0.770 bits per heavy atom. The lowest BCUT2D eigenvalue weighted by Gasteiger charge is -2.31. The molecule has 1 heterocycles. The van der Waals surface area contributed by atoms with Crippen molar-refractivity contribution in [1.29, 1.82) is 0 Å². The summed E-state index contributed by atoms with van der Waals surface area (Å²) in [4.78, 5) is 140. The van der Waals surface area contributed by atoms with Gasteiger partial charge in [0.1, 0.15) is 54.4 Å². The topological polar surface area (TPSA) is 386 Å². The number of nitrogens with two attached hydrogens (primary N) is 3. The number of aliphatic hydroxyl groups excluding tert-OH is 1. The van der Waals surface area contributed by atoms with Gasteiger partial charge in [0.05, 0.1) is 13.0 Å². The number of amides is 9. The number of nitrogens with one attached hydrogen (secondary N) is 9. The molecule has 0 saturated carbocycles. The summed E-state index contributed by atoms with van der Waals surface area (Å²) in [5, 5.41) is 34.3. The minimum Gasteiger partial charge on any atom is -0.460 e. The predicted molar refractivity (Wildman–Crippen MR) is 277 cm³/mol. The minimum absolute atomic E-state index is 0.0595. The molecule has 1 saturated heterocycles. The van der Waals surface area contributed by atoms with Gasteiger partial charge in [-0.05, 0) is 87.2 Å². The third-order valence-corrected chi connectivity index (χ3v) is 13.0.